The van der Waals surface area contributed by atoms with Gasteiger partial charge in [-0.15, -0.1) is 12.1 Å². The summed E-state index contributed by atoms with van der Waals surface area (Å²) in [5, 5.41) is 4.69. The maximum atomic E-state index is 4.69. The Morgan fingerprint density at radius 3 is 2.89 bits per heavy atom. The summed E-state index contributed by atoms with van der Waals surface area (Å²) < 4.78 is 0. The molecule has 0 saturated carbocycles. The number of benzene rings is 2. The smallest absolute Gasteiger partial charge is 0.0309 e. The van der Waals surface area contributed by atoms with Crippen LogP contribution in [0.2, 0.25) is 0 Å². The monoisotopic (exact) mass is 413 g/mol. The fourth-order valence-corrected chi connectivity index (χ4v) is 2.86. The van der Waals surface area contributed by atoms with Gasteiger partial charge in [-0.3, -0.25) is 0 Å². The zero-order valence-corrected chi connectivity index (χ0v) is 12.2. The van der Waals surface area contributed by atoms with Crippen molar-refractivity contribution in [3.8, 4) is 11.1 Å². The number of hydrogen-bond acceptors (Lipinski definition) is 1. The van der Waals surface area contributed by atoms with Crippen LogP contribution in [0.4, 0.5) is 5.69 Å². The molecule has 4 rings (SSSR count). The van der Waals surface area contributed by atoms with E-state index in [1.54, 1.807) is 0 Å². The van der Waals surface area contributed by atoms with Gasteiger partial charge >= 0.3 is 0 Å². The van der Waals surface area contributed by atoms with Crippen LogP contribution in [0.3, 0.4) is 0 Å². The van der Waals surface area contributed by atoms with Gasteiger partial charge in [0, 0.05) is 25.8 Å². The van der Waals surface area contributed by atoms with E-state index in [4.69, 9.17) is 5.32 Å². The SMILES string of the molecule is [Ir].[c-]1cccc2c1C1[N-]CCN1c1ccccc1-2. The van der Waals surface area contributed by atoms with Crippen molar-refractivity contribution in [2.24, 2.45) is 0 Å². The van der Waals surface area contributed by atoms with Gasteiger partial charge in [-0.25, -0.2) is 0 Å². The Morgan fingerprint density at radius 2 is 1.94 bits per heavy atom. The molecular formula is C15H12IrN2-2. The van der Waals surface area contributed by atoms with E-state index < -0.39 is 0 Å². The fraction of sp³-hybridized carbons (Fsp3) is 0.200. The molecule has 2 nitrogen and oxygen atoms in total. The summed E-state index contributed by atoms with van der Waals surface area (Å²) in [6.45, 7) is 1.94. The maximum Gasteiger partial charge on any atom is 0.0309 e. The summed E-state index contributed by atoms with van der Waals surface area (Å²) >= 11 is 0. The van der Waals surface area contributed by atoms with Gasteiger partial charge in [-0.05, 0) is 12.6 Å². The van der Waals surface area contributed by atoms with Gasteiger partial charge in [0.1, 0.15) is 0 Å². The van der Waals surface area contributed by atoms with Crippen LogP contribution >= 0.6 is 0 Å². The maximum absolute atomic E-state index is 4.69. The van der Waals surface area contributed by atoms with Crippen molar-refractivity contribution in [2.45, 2.75) is 6.17 Å². The van der Waals surface area contributed by atoms with Gasteiger partial charge in [-0.2, -0.15) is 29.8 Å². The third kappa shape index (κ3) is 1.55. The number of para-hydroxylation sites is 1. The molecule has 0 bridgehead atoms. The zero-order chi connectivity index (χ0) is 11.2. The quantitative estimate of drug-likeness (QED) is 0.607. The molecule has 18 heavy (non-hydrogen) atoms. The summed E-state index contributed by atoms with van der Waals surface area (Å²) in [6.07, 6.45) is 0.182. The van der Waals surface area contributed by atoms with Crippen LogP contribution < -0.4 is 4.90 Å². The van der Waals surface area contributed by atoms with Gasteiger partial charge in [0.15, 0.2) is 0 Å². The number of fused-ring (bicyclic) bond motifs is 6. The largest absolute Gasteiger partial charge is 0.639 e. The normalized spacial score (nSPS) is 19.6. The Kier molecular flexibility index (Phi) is 2.98. The standard InChI is InChI=1S/C15H12N2.Ir/c1-2-7-13-11(5-1)12-6-3-4-8-14(12)17-10-9-16-15(13)17;/h1-6,8,15H,9-10H2;/q-2;. The fourth-order valence-electron chi connectivity index (χ4n) is 2.86. The summed E-state index contributed by atoms with van der Waals surface area (Å²) in [5.41, 5.74) is 5.14. The first-order valence-electron chi connectivity index (χ1n) is 5.98. The summed E-state index contributed by atoms with van der Waals surface area (Å²) in [6, 6.07) is 18.2. The van der Waals surface area contributed by atoms with Gasteiger partial charge in [0.2, 0.25) is 0 Å². The summed E-state index contributed by atoms with van der Waals surface area (Å²) in [5.74, 6) is 0. The second-order valence-electron chi connectivity index (χ2n) is 4.49. The molecule has 1 saturated heterocycles. The zero-order valence-electron chi connectivity index (χ0n) is 9.76. The molecule has 0 aliphatic carbocycles. The second-order valence-corrected chi connectivity index (χ2v) is 4.49. The number of hydrogen-bond donors (Lipinski definition) is 0. The van der Waals surface area contributed by atoms with Gasteiger partial charge in [0.05, 0.1) is 0 Å². The predicted octanol–water partition coefficient (Wildman–Crippen LogP) is 3.36. The van der Waals surface area contributed by atoms with Crippen molar-refractivity contribution in [1.82, 2.24) is 0 Å². The van der Waals surface area contributed by atoms with E-state index in [0.717, 1.165) is 13.1 Å². The summed E-state index contributed by atoms with van der Waals surface area (Å²) in [4.78, 5) is 2.38. The minimum Gasteiger partial charge on any atom is -0.639 e. The third-order valence-corrected chi connectivity index (χ3v) is 3.59. The van der Waals surface area contributed by atoms with Crippen LogP contribution in [0.15, 0.2) is 42.5 Å². The van der Waals surface area contributed by atoms with E-state index in [2.05, 4.69) is 47.4 Å². The second kappa shape index (κ2) is 4.51. The average molecular weight is 412 g/mol. The van der Waals surface area contributed by atoms with E-state index in [1.807, 2.05) is 6.07 Å². The van der Waals surface area contributed by atoms with E-state index in [-0.39, 0.29) is 26.3 Å². The molecule has 93 valence electrons. The molecule has 1 atom stereocenters. The molecule has 0 aromatic heterocycles. The molecule has 1 fully saturated rings. The average Bonchev–Trinajstić information content (AvgIpc) is 2.89. The van der Waals surface area contributed by atoms with Gasteiger partial charge < -0.3 is 10.2 Å². The van der Waals surface area contributed by atoms with Crippen LogP contribution in [0.5, 0.6) is 0 Å². The summed E-state index contributed by atoms with van der Waals surface area (Å²) in [7, 11) is 0. The topological polar surface area (TPSA) is 17.3 Å². The van der Waals surface area contributed by atoms with Crippen LogP contribution in [0.1, 0.15) is 11.7 Å². The van der Waals surface area contributed by atoms with E-state index in [9.17, 15) is 0 Å². The molecule has 2 heterocycles. The van der Waals surface area contributed by atoms with Gasteiger partial charge in [0.25, 0.3) is 0 Å². The molecule has 0 N–H and O–H groups in total. The molecule has 3 heteroatoms. The van der Waals surface area contributed by atoms with Crippen LogP contribution in [-0.2, 0) is 20.1 Å². The van der Waals surface area contributed by atoms with E-state index in [0.29, 0.717) is 0 Å². The Balaban J connectivity index is 0.000001000. The Morgan fingerprint density at radius 1 is 1.11 bits per heavy atom. The van der Waals surface area contributed by atoms with Crippen molar-refractivity contribution in [2.75, 3.05) is 18.0 Å². The van der Waals surface area contributed by atoms with Crippen molar-refractivity contribution in [3.05, 3.63) is 59.4 Å². The number of nitrogens with zero attached hydrogens (tertiary/aromatic N) is 2. The molecule has 0 amide bonds. The molecule has 1 radical (unpaired) electrons. The van der Waals surface area contributed by atoms with E-state index in [1.165, 1.54) is 22.4 Å². The Hall–Kier alpha value is -1.15. The first-order chi connectivity index (χ1) is 8.45. The minimum absolute atomic E-state index is 0. The molecular weight excluding hydrogens is 400 g/mol. The molecule has 2 aromatic carbocycles. The first-order valence-corrected chi connectivity index (χ1v) is 5.98. The number of rotatable bonds is 0. The first kappa shape index (κ1) is 11.9. The van der Waals surface area contributed by atoms with Gasteiger partial charge in [-0.1, -0.05) is 29.9 Å². The molecule has 2 aliphatic heterocycles. The number of anilines is 1. The van der Waals surface area contributed by atoms with Crippen LogP contribution in [0, 0.1) is 6.07 Å². The van der Waals surface area contributed by atoms with Crippen molar-refractivity contribution in [3.63, 3.8) is 0 Å². The molecule has 2 aromatic rings. The Bertz CT molecular complexity index is 531. The predicted molar refractivity (Wildman–Crippen MR) is 69.0 cm³/mol. The molecule has 0 spiro atoms. The van der Waals surface area contributed by atoms with Crippen LogP contribution in [-0.4, -0.2) is 13.1 Å². The van der Waals surface area contributed by atoms with Crippen molar-refractivity contribution >= 4 is 5.69 Å². The molecule has 2 aliphatic rings. The van der Waals surface area contributed by atoms with Crippen molar-refractivity contribution in [1.29, 1.82) is 0 Å². The van der Waals surface area contributed by atoms with E-state index >= 15 is 0 Å². The third-order valence-electron chi connectivity index (χ3n) is 3.59. The molecule has 1 unspecified atom stereocenters. The minimum atomic E-state index is 0. The van der Waals surface area contributed by atoms with Crippen molar-refractivity contribution < 1.29 is 20.1 Å². The Labute approximate surface area is 120 Å². The van der Waals surface area contributed by atoms with Crippen LogP contribution in [0.25, 0.3) is 16.4 Å².